The molecule has 3 heterocycles. The zero-order valence-electron chi connectivity index (χ0n) is 15.1. The molecular weight excluding hydrogens is 378 g/mol. The summed E-state index contributed by atoms with van der Waals surface area (Å²) in [6.07, 6.45) is 5.62. The zero-order valence-corrected chi connectivity index (χ0v) is 16.7. The molecule has 0 unspecified atom stereocenters. The number of anilines is 1. The number of piperidine rings is 1. The van der Waals surface area contributed by atoms with Crippen LogP contribution >= 0.6 is 22.7 Å². The molecule has 1 aliphatic rings. The molecule has 2 amide bonds. The van der Waals surface area contributed by atoms with Gasteiger partial charge >= 0.3 is 6.03 Å². The van der Waals surface area contributed by atoms with Crippen molar-refractivity contribution >= 4 is 33.8 Å². The maximum Gasteiger partial charge on any atom is 0.324 e. The Labute approximate surface area is 166 Å². The number of carbonyl (C=O) groups excluding carboxylic acids is 1. The summed E-state index contributed by atoms with van der Waals surface area (Å²) in [6, 6.07) is 8.19. The van der Waals surface area contributed by atoms with Gasteiger partial charge in [0.15, 0.2) is 0 Å². The fourth-order valence-corrected chi connectivity index (χ4v) is 4.88. The molecular formula is C19H21N5OS2. The van der Waals surface area contributed by atoms with Crippen molar-refractivity contribution in [2.45, 2.75) is 38.6 Å². The smallest absolute Gasteiger partial charge is 0.315 e. The van der Waals surface area contributed by atoms with Crippen molar-refractivity contribution in [3.63, 3.8) is 0 Å². The molecule has 0 saturated carbocycles. The van der Waals surface area contributed by atoms with E-state index in [4.69, 9.17) is 0 Å². The third-order valence-electron chi connectivity index (χ3n) is 4.78. The second-order valence-corrected chi connectivity index (χ2v) is 8.60. The van der Waals surface area contributed by atoms with Crippen LogP contribution in [0.1, 0.15) is 46.4 Å². The fourth-order valence-electron chi connectivity index (χ4n) is 3.34. The van der Waals surface area contributed by atoms with Gasteiger partial charge in [-0.3, -0.25) is 5.32 Å². The Morgan fingerprint density at radius 2 is 2.19 bits per heavy atom. The van der Waals surface area contributed by atoms with E-state index in [0.717, 1.165) is 42.2 Å². The first-order valence-corrected chi connectivity index (χ1v) is 10.7. The molecule has 8 heteroatoms. The third-order valence-corrected chi connectivity index (χ3v) is 6.50. The number of hydrogen-bond acceptors (Lipinski definition) is 6. The highest BCUT2D eigenvalue weighted by Gasteiger charge is 2.30. The molecule has 1 fully saturated rings. The molecule has 4 rings (SSSR count). The molecule has 0 bridgehead atoms. The predicted molar refractivity (Wildman–Crippen MR) is 108 cm³/mol. The zero-order chi connectivity index (χ0) is 18.6. The van der Waals surface area contributed by atoms with Crippen molar-refractivity contribution in [1.82, 2.24) is 20.1 Å². The number of hydrogen-bond donors (Lipinski definition) is 1. The van der Waals surface area contributed by atoms with E-state index >= 15 is 0 Å². The van der Waals surface area contributed by atoms with Gasteiger partial charge in [0.25, 0.3) is 0 Å². The van der Waals surface area contributed by atoms with E-state index in [-0.39, 0.29) is 12.1 Å². The summed E-state index contributed by atoms with van der Waals surface area (Å²) in [7, 11) is 0. The molecule has 27 heavy (non-hydrogen) atoms. The van der Waals surface area contributed by atoms with E-state index in [1.54, 1.807) is 17.5 Å². The Hall–Kier alpha value is -2.32. The number of nitrogens with zero attached hydrogens (tertiary/aromatic N) is 4. The lowest BCUT2D eigenvalue weighted by molar-refractivity contribution is 0.163. The predicted octanol–water partition coefficient (Wildman–Crippen LogP) is 4.65. The largest absolute Gasteiger partial charge is 0.324 e. The summed E-state index contributed by atoms with van der Waals surface area (Å²) < 4.78 is 0. The topological polar surface area (TPSA) is 71.0 Å². The molecule has 1 N–H and O–H groups in total. The van der Waals surface area contributed by atoms with Crippen molar-refractivity contribution in [2.75, 3.05) is 11.9 Å². The van der Waals surface area contributed by atoms with Crippen LogP contribution in [0.4, 0.5) is 9.93 Å². The first-order chi connectivity index (χ1) is 13.2. The Kier molecular flexibility index (Phi) is 5.45. The lowest BCUT2D eigenvalue weighted by Crippen LogP contribution is -2.41. The standard InChI is InChI=1S/C19H21N5OS2/c1-13-6-2-3-7-14(13)12-16-22-23-18(27-16)21-19(25)24-10-5-4-8-15(24)17-20-9-11-26-17/h2-3,6-7,9,11,15H,4-5,8,10,12H2,1H3,(H,21,23,25)/t15-/m1/s1. The van der Waals surface area contributed by atoms with Gasteiger partial charge in [-0.05, 0) is 37.3 Å². The van der Waals surface area contributed by atoms with Gasteiger partial charge in [0.1, 0.15) is 10.0 Å². The molecule has 140 valence electrons. The van der Waals surface area contributed by atoms with Crippen LogP contribution in [0.2, 0.25) is 0 Å². The van der Waals surface area contributed by atoms with Crippen LogP contribution in [0, 0.1) is 6.92 Å². The number of benzene rings is 1. The molecule has 1 aliphatic heterocycles. The van der Waals surface area contributed by atoms with Gasteiger partial charge in [0, 0.05) is 24.5 Å². The minimum atomic E-state index is -0.117. The van der Waals surface area contributed by atoms with Gasteiger partial charge in [0.2, 0.25) is 5.13 Å². The molecule has 1 aromatic carbocycles. The highest BCUT2D eigenvalue weighted by Crippen LogP contribution is 2.32. The normalized spacial score (nSPS) is 17.1. The highest BCUT2D eigenvalue weighted by atomic mass is 32.1. The van der Waals surface area contributed by atoms with Crippen LogP contribution < -0.4 is 5.32 Å². The van der Waals surface area contributed by atoms with Crippen molar-refractivity contribution < 1.29 is 4.79 Å². The number of likely N-dealkylation sites (tertiary alicyclic amines) is 1. The molecule has 1 saturated heterocycles. The molecule has 2 aromatic heterocycles. The van der Waals surface area contributed by atoms with Crippen LogP contribution in [0.15, 0.2) is 35.8 Å². The van der Waals surface area contributed by atoms with Crippen LogP contribution in [0.5, 0.6) is 0 Å². The van der Waals surface area contributed by atoms with Gasteiger partial charge in [-0.2, -0.15) is 0 Å². The quantitative estimate of drug-likeness (QED) is 0.693. The van der Waals surface area contributed by atoms with Crippen LogP contribution in [0.25, 0.3) is 0 Å². The second kappa shape index (κ2) is 8.14. The Morgan fingerprint density at radius 1 is 1.30 bits per heavy atom. The van der Waals surface area contributed by atoms with Gasteiger partial charge in [-0.15, -0.1) is 21.5 Å². The molecule has 6 nitrogen and oxygen atoms in total. The number of nitrogens with one attached hydrogen (secondary N) is 1. The van der Waals surface area contributed by atoms with Crippen molar-refractivity contribution in [3.8, 4) is 0 Å². The first-order valence-electron chi connectivity index (χ1n) is 9.04. The van der Waals surface area contributed by atoms with Crippen LogP contribution in [-0.2, 0) is 6.42 Å². The highest BCUT2D eigenvalue weighted by molar-refractivity contribution is 7.15. The number of rotatable bonds is 4. The van der Waals surface area contributed by atoms with Crippen LogP contribution in [0.3, 0.4) is 0 Å². The van der Waals surface area contributed by atoms with E-state index in [9.17, 15) is 4.79 Å². The SMILES string of the molecule is Cc1ccccc1Cc1nnc(NC(=O)N2CCCC[C@@H]2c2nccs2)s1. The third kappa shape index (κ3) is 4.17. The summed E-state index contributed by atoms with van der Waals surface area (Å²) in [4.78, 5) is 19.1. The average Bonchev–Trinajstić information content (AvgIpc) is 3.36. The lowest BCUT2D eigenvalue weighted by Gasteiger charge is -2.34. The first kappa shape index (κ1) is 18.1. The number of urea groups is 1. The fraction of sp³-hybridized carbons (Fsp3) is 0.368. The van der Waals surface area contributed by atoms with Gasteiger partial charge < -0.3 is 4.90 Å². The summed E-state index contributed by atoms with van der Waals surface area (Å²) in [5, 5.41) is 15.7. The van der Waals surface area contributed by atoms with E-state index < -0.39 is 0 Å². The van der Waals surface area contributed by atoms with Crippen molar-refractivity contribution in [2.24, 2.45) is 0 Å². The summed E-state index contributed by atoms with van der Waals surface area (Å²) in [5.41, 5.74) is 2.46. The lowest BCUT2D eigenvalue weighted by atomic mass is 10.0. The van der Waals surface area contributed by atoms with E-state index in [1.807, 2.05) is 22.4 Å². The summed E-state index contributed by atoms with van der Waals surface area (Å²) >= 11 is 3.04. The summed E-state index contributed by atoms with van der Waals surface area (Å²) in [5.74, 6) is 0. The van der Waals surface area contributed by atoms with Crippen molar-refractivity contribution in [3.05, 3.63) is 57.0 Å². The maximum absolute atomic E-state index is 12.8. The number of aromatic nitrogens is 3. The van der Waals surface area contributed by atoms with E-state index in [2.05, 4.69) is 39.6 Å². The van der Waals surface area contributed by atoms with Gasteiger partial charge in [-0.1, -0.05) is 35.6 Å². The number of thiazole rings is 1. The Bertz CT molecular complexity index is 908. The minimum Gasteiger partial charge on any atom is -0.315 e. The molecule has 0 spiro atoms. The summed E-state index contributed by atoms with van der Waals surface area (Å²) in [6.45, 7) is 2.83. The molecule has 3 aromatic rings. The van der Waals surface area contributed by atoms with Crippen LogP contribution in [-0.4, -0.2) is 32.7 Å². The van der Waals surface area contributed by atoms with E-state index in [0.29, 0.717) is 5.13 Å². The number of aryl methyl sites for hydroxylation is 1. The number of amides is 2. The Balaban J connectivity index is 1.43. The number of carbonyl (C=O) groups is 1. The minimum absolute atomic E-state index is 0.0538. The van der Waals surface area contributed by atoms with E-state index in [1.165, 1.54) is 22.5 Å². The molecule has 0 radical (unpaired) electrons. The average molecular weight is 400 g/mol. The monoisotopic (exact) mass is 399 g/mol. The Morgan fingerprint density at radius 3 is 3.00 bits per heavy atom. The van der Waals surface area contributed by atoms with Gasteiger partial charge in [-0.25, -0.2) is 9.78 Å². The molecule has 0 aliphatic carbocycles. The van der Waals surface area contributed by atoms with Gasteiger partial charge in [0.05, 0.1) is 6.04 Å². The second-order valence-electron chi connectivity index (χ2n) is 6.61. The molecule has 1 atom stereocenters. The van der Waals surface area contributed by atoms with Crippen molar-refractivity contribution in [1.29, 1.82) is 0 Å². The maximum atomic E-state index is 12.8.